The van der Waals surface area contributed by atoms with Gasteiger partial charge in [-0.05, 0) is 24.1 Å². The summed E-state index contributed by atoms with van der Waals surface area (Å²) in [4.78, 5) is 32.4. The molecule has 0 saturated carbocycles. The molecule has 3 fully saturated rings. The first-order valence-corrected chi connectivity index (χ1v) is 10.8. The van der Waals surface area contributed by atoms with Gasteiger partial charge in [0.25, 0.3) is 0 Å². The Hall–Kier alpha value is -2.84. The number of carbonyl (C=O) groups is 2. The zero-order valence-electron chi connectivity index (χ0n) is 16.9. The molecule has 0 spiro atoms. The van der Waals surface area contributed by atoms with Crippen LogP contribution in [-0.2, 0) is 9.53 Å². The average Bonchev–Trinajstić information content (AvgIpc) is 2.75. The second-order valence-electron chi connectivity index (χ2n) is 8.10. The number of piperidine rings is 1. The van der Waals surface area contributed by atoms with Gasteiger partial charge in [0.2, 0.25) is 11.8 Å². The van der Waals surface area contributed by atoms with Gasteiger partial charge in [0, 0.05) is 44.4 Å². The lowest BCUT2D eigenvalue weighted by atomic mass is 9.93. The molecular formula is C22H23ClN4O4. The number of halogens is 1. The van der Waals surface area contributed by atoms with E-state index in [2.05, 4.69) is 10.3 Å². The van der Waals surface area contributed by atoms with Crippen molar-refractivity contribution in [1.82, 2.24) is 20.1 Å². The number of urea groups is 1. The summed E-state index contributed by atoms with van der Waals surface area (Å²) in [5.74, 6) is 1.17. The zero-order chi connectivity index (χ0) is 21.4. The van der Waals surface area contributed by atoms with Crippen LogP contribution in [-0.4, -0.2) is 71.7 Å². The fourth-order valence-electron chi connectivity index (χ4n) is 4.25. The molecule has 2 aromatic rings. The first-order valence-electron chi connectivity index (χ1n) is 10.4. The first-order chi connectivity index (χ1) is 15.1. The van der Waals surface area contributed by atoms with E-state index >= 15 is 0 Å². The van der Waals surface area contributed by atoms with Gasteiger partial charge >= 0.3 is 6.03 Å². The van der Waals surface area contributed by atoms with E-state index in [-0.39, 0.29) is 36.6 Å². The standard InChI is InChI=1S/C22H23ClN4O4/c23-16-3-1-2-4-18(16)31-21-6-5-14(9-24-21)15-10-27(11-15)22(29)26-8-7-19-17(12-26)25-20(28)13-30-19/h1-6,9,15,17,19H,7-8,10-13H2,(H,25,28). The molecule has 5 rings (SSSR count). The molecule has 3 saturated heterocycles. The number of ether oxygens (including phenoxy) is 2. The molecule has 0 aliphatic carbocycles. The number of nitrogens with one attached hydrogen (secondary N) is 1. The molecule has 4 heterocycles. The van der Waals surface area contributed by atoms with Gasteiger partial charge in [0.1, 0.15) is 12.4 Å². The van der Waals surface area contributed by atoms with Crippen molar-refractivity contribution < 1.29 is 19.1 Å². The number of rotatable bonds is 3. The van der Waals surface area contributed by atoms with E-state index in [0.29, 0.717) is 42.8 Å². The molecule has 162 valence electrons. The van der Waals surface area contributed by atoms with Crippen LogP contribution in [0, 0.1) is 0 Å². The van der Waals surface area contributed by atoms with Crippen molar-refractivity contribution in [3.8, 4) is 11.6 Å². The molecule has 1 aromatic heterocycles. The Kier molecular flexibility index (Phi) is 5.41. The number of aromatic nitrogens is 1. The number of likely N-dealkylation sites (tertiary alicyclic amines) is 2. The second-order valence-corrected chi connectivity index (χ2v) is 8.51. The Morgan fingerprint density at radius 3 is 2.77 bits per heavy atom. The lowest BCUT2D eigenvalue weighted by molar-refractivity contribution is -0.139. The minimum absolute atomic E-state index is 0.00321. The van der Waals surface area contributed by atoms with Crippen LogP contribution in [0.1, 0.15) is 17.9 Å². The molecule has 0 radical (unpaired) electrons. The number of nitrogens with zero attached hydrogens (tertiary/aromatic N) is 3. The number of hydrogen-bond acceptors (Lipinski definition) is 5. The van der Waals surface area contributed by atoms with Crippen molar-refractivity contribution in [2.24, 2.45) is 0 Å². The maximum absolute atomic E-state index is 12.9. The third-order valence-electron chi connectivity index (χ3n) is 6.03. The van der Waals surface area contributed by atoms with Crippen molar-refractivity contribution in [1.29, 1.82) is 0 Å². The number of fused-ring (bicyclic) bond motifs is 1. The normalized spacial score (nSPS) is 23.6. The van der Waals surface area contributed by atoms with E-state index < -0.39 is 0 Å². The Morgan fingerprint density at radius 2 is 2.00 bits per heavy atom. The van der Waals surface area contributed by atoms with Crippen molar-refractivity contribution >= 4 is 23.5 Å². The summed E-state index contributed by atoms with van der Waals surface area (Å²) in [5.41, 5.74) is 1.07. The average molecular weight is 443 g/mol. The van der Waals surface area contributed by atoms with Gasteiger partial charge in [-0.2, -0.15) is 0 Å². The number of para-hydroxylation sites is 1. The summed E-state index contributed by atoms with van der Waals surface area (Å²) in [6, 6.07) is 11.0. The largest absolute Gasteiger partial charge is 0.437 e. The quantitative estimate of drug-likeness (QED) is 0.790. The number of amides is 3. The highest BCUT2D eigenvalue weighted by atomic mass is 35.5. The number of carbonyl (C=O) groups excluding carboxylic acids is 2. The SMILES string of the molecule is O=C1COC2CCN(C(=O)N3CC(c4ccc(Oc5ccccc5Cl)nc4)C3)CC2N1. The number of hydrogen-bond donors (Lipinski definition) is 1. The highest BCUT2D eigenvalue weighted by Gasteiger charge is 2.40. The molecule has 3 aliphatic heterocycles. The molecule has 2 atom stereocenters. The van der Waals surface area contributed by atoms with Crippen LogP contribution in [0.2, 0.25) is 5.02 Å². The maximum Gasteiger partial charge on any atom is 0.320 e. The third-order valence-corrected chi connectivity index (χ3v) is 6.34. The topological polar surface area (TPSA) is 84.0 Å². The van der Waals surface area contributed by atoms with Crippen LogP contribution in [0.3, 0.4) is 0 Å². The third kappa shape index (κ3) is 4.18. The Bertz CT molecular complexity index is 980. The molecule has 1 N–H and O–H groups in total. The fourth-order valence-corrected chi connectivity index (χ4v) is 4.43. The van der Waals surface area contributed by atoms with Crippen LogP contribution < -0.4 is 10.1 Å². The summed E-state index contributed by atoms with van der Waals surface area (Å²) in [5, 5.41) is 3.47. The monoisotopic (exact) mass is 442 g/mol. The van der Waals surface area contributed by atoms with E-state index in [0.717, 1.165) is 12.0 Å². The second kappa shape index (κ2) is 8.36. The van der Waals surface area contributed by atoms with Gasteiger partial charge in [-0.1, -0.05) is 29.8 Å². The minimum Gasteiger partial charge on any atom is -0.437 e. The van der Waals surface area contributed by atoms with Crippen molar-refractivity contribution in [3.05, 3.63) is 53.2 Å². The van der Waals surface area contributed by atoms with E-state index in [4.69, 9.17) is 21.1 Å². The zero-order valence-corrected chi connectivity index (χ0v) is 17.6. The van der Waals surface area contributed by atoms with Gasteiger partial charge in [-0.15, -0.1) is 0 Å². The first kappa shape index (κ1) is 20.1. The van der Waals surface area contributed by atoms with Crippen LogP contribution in [0.15, 0.2) is 42.6 Å². The maximum atomic E-state index is 12.9. The Morgan fingerprint density at radius 1 is 1.16 bits per heavy atom. The van der Waals surface area contributed by atoms with Crippen LogP contribution in [0.25, 0.3) is 0 Å². The molecule has 3 aliphatic rings. The predicted molar refractivity (Wildman–Crippen MR) is 113 cm³/mol. The van der Waals surface area contributed by atoms with Gasteiger partial charge in [0.15, 0.2) is 0 Å². The van der Waals surface area contributed by atoms with Gasteiger partial charge in [0.05, 0.1) is 17.2 Å². The number of benzene rings is 1. The molecule has 3 amide bonds. The predicted octanol–water partition coefficient (Wildman–Crippen LogP) is 2.64. The molecule has 31 heavy (non-hydrogen) atoms. The van der Waals surface area contributed by atoms with Crippen molar-refractivity contribution in [3.63, 3.8) is 0 Å². The van der Waals surface area contributed by atoms with Crippen molar-refractivity contribution in [2.45, 2.75) is 24.5 Å². The lowest BCUT2D eigenvalue weighted by Crippen LogP contribution is -2.63. The van der Waals surface area contributed by atoms with E-state index in [1.807, 2.05) is 34.1 Å². The lowest BCUT2D eigenvalue weighted by Gasteiger charge is -2.46. The fraction of sp³-hybridized carbons (Fsp3) is 0.409. The Labute approximate surface area is 185 Å². The van der Waals surface area contributed by atoms with Crippen LogP contribution in [0.5, 0.6) is 11.6 Å². The molecule has 1 aromatic carbocycles. The summed E-state index contributed by atoms with van der Waals surface area (Å²) in [7, 11) is 0. The molecule has 2 unspecified atom stereocenters. The van der Waals surface area contributed by atoms with Gasteiger partial charge < -0.3 is 24.6 Å². The minimum atomic E-state index is -0.120. The molecular weight excluding hydrogens is 420 g/mol. The summed E-state index contributed by atoms with van der Waals surface area (Å²) < 4.78 is 11.3. The molecule has 0 bridgehead atoms. The van der Waals surface area contributed by atoms with Gasteiger partial charge in [-0.3, -0.25) is 4.79 Å². The molecule has 8 nitrogen and oxygen atoms in total. The summed E-state index contributed by atoms with van der Waals surface area (Å²) in [6.45, 7) is 2.55. The summed E-state index contributed by atoms with van der Waals surface area (Å²) in [6.07, 6.45) is 2.53. The van der Waals surface area contributed by atoms with E-state index in [9.17, 15) is 9.59 Å². The van der Waals surface area contributed by atoms with E-state index in [1.54, 1.807) is 18.3 Å². The van der Waals surface area contributed by atoms with Crippen LogP contribution >= 0.6 is 11.6 Å². The number of morpholine rings is 1. The highest BCUT2D eigenvalue weighted by Crippen LogP contribution is 2.31. The molecule has 9 heteroatoms. The van der Waals surface area contributed by atoms with Crippen molar-refractivity contribution in [2.75, 3.05) is 32.8 Å². The smallest absolute Gasteiger partial charge is 0.320 e. The van der Waals surface area contributed by atoms with E-state index in [1.165, 1.54) is 0 Å². The highest BCUT2D eigenvalue weighted by molar-refractivity contribution is 6.32. The Balaban J connectivity index is 1.14. The van der Waals surface area contributed by atoms with Gasteiger partial charge in [-0.25, -0.2) is 9.78 Å². The summed E-state index contributed by atoms with van der Waals surface area (Å²) >= 11 is 6.12. The number of pyridine rings is 1. The van der Waals surface area contributed by atoms with Crippen LogP contribution in [0.4, 0.5) is 4.79 Å².